The topological polar surface area (TPSA) is 242 Å². The van der Waals surface area contributed by atoms with Gasteiger partial charge < -0.3 is 58.7 Å². The van der Waals surface area contributed by atoms with Crippen molar-refractivity contribution in [3.63, 3.8) is 0 Å². The minimum absolute atomic E-state index is 0.0321. The van der Waals surface area contributed by atoms with Crippen LogP contribution in [0.2, 0.25) is 0 Å². The average Bonchev–Trinajstić information content (AvgIpc) is 3.19. The van der Waals surface area contributed by atoms with Crippen LogP contribution in [0.15, 0.2) is 59.8 Å². The van der Waals surface area contributed by atoms with Crippen LogP contribution in [0.1, 0.15) is 106 Å². The first kappa shape index (κ1) is 51.8. The van der Waals surface area contributed by atoms with Gasteiger partial charge in [0.1, 0.15) is 12.4 Å². The van der Waals surface area contributed by atoms with E-state index in [-0.39, 0.29) is 50.5 Å². The third-order valence-electron chi connectivity index (χ3n) is 12.9. The van der Waals surface area contributed by atoms with Crippen LogP contribution >= 0.6 is 0 Å². The van der Waals surface area contributed by atoms with E-state index in [2.05, 4.69) is 0 Å². The number of cyclic esters (lactones) is 1. The SMILES string of the molecule is CCCC=CC=CC(=O)C(C=O)C1C(=CC(=O)OC)CC2CC(C(C)O)OC(=O)CC(O)CC3CC(O)C(C)(C)C(O)(CC4CC(=CC(=O)OC)CC(C=CC(C)(C)C1(O)O2)O4)O3. The van der Waals surface area contributed by atoms with Gasteiger partial charge in [-0.05, 0) is 38.7 Å². The van der Waals surface area contributed by atoms with E-state index in [1.807, 2.05) is 13.0 Å². The molecular formula is C47H68O16. The third-order valence-corrected chi connectivity index (χ3v) is 12.9. The molecule has 12 unspecified atom stereocenters. The van der Waals surface area contributed by atoms with Crippen LogP contribution in [0.5, 0.6) is 0 Å². The summed E-state index contributed by atoms with van der Waals surface area (Å²) in [7, 11) is 2.39. The molecule has 0 aromatic carbocycles. The van der Waals surface area contributed by atoms with Crippen LogP contribution in [-0.2, 0) is 52.4 Å². The molecule has 5 N–H and O–H groups in total. The minimum Gasteiger partial charge on any atom is -0.466 e. The summed E-state index contributed by atoms with van der Waals surface area (Å²) >= 11 is 0. The summed E-state index contributed by atoms with van der Waals surface area (Å²) in [5.41, 5.74) is -2.09. The smallest absolute Gasteiger partial charge is 0.330 e. The molecule has 0 saturated carbocycles. The Morgan fingerprint density at radius 2 is 1.59 bits per heavy atom. The number of allylic oxidation sites excluding steroid dienone is 4. The first-order valence-electron chi connectivity index (χ1n) is 21.8. The molecule has 63 heavy (non-hydrogen) atoms. The number of hydrogen-bond acceptors (Lipinski definition) is 16. The number of fused-ring (bicyclic) bond motifs is 6. The summed E-state index contributed by atoms with van der Waals surface area (Å²) in [5.74, 6) is -10.6. The molecule has 3 fully saturated rings. The van der Waals surface area contributed by atoms with E-state index < -0.39 is 113 Å². The largest absolute Gasteiger partial charge is 0.466 e. The van der Waals surface area contributed by atoms with Gasteiger partial charge in [-0.3, -0.25) is 9.59 Å². The Morgan fingerprint density at radius 3 is 2.22 bits per heavy atom. The van der Waals surface area contributed by atoms with Crippen molar-refractivity contribution in [1.29, 1.82) is 0 Å². The van der Waals surface area contributed by atoms with Gasteiger partial charge in [-0.2, -0.15) is 0 Å². The Kier molecular flexibility index (Phi) is 18.0. The standard InChI is InChI=1S/C47H68O16/c1-9-10-11-12-13-14-37(51)36(27-48)43-30(21-41(54)59-8)20-33-24-38(28(2)49)61-42(55)23-31(50)22-34-25-39(52)45(5,6)46(56,62-34)26-35-18-29(19-40(53)58-7)17-32(60-35)15-16-44(3,4)47(43,57)63-33/h11-16,19,21,27-28,31-36,38-39,43,49-50,52,56-57H,9-10,17-18,20,22-26H2,1-8H3. The van der Waals surface area contributed by atoms with Gasteiger partial charge in [-0.1, -0.05) is 82.6 Å². The molecular weight excluding hydrogens is 821 g/mol. The van der Waals surface area contributed by atoms with Crippen molar-refractivity contribution in [2.75, 3.05) is 14.2 Å². The second kappa shape index (κ2) is 21.9. The van der Waals surface area contributed by atoms with Crippen molar-refractivity contribution in [3.05, 3.63) is 59.8 Å². The molecule has 0 amide bonds. The Morgan fingerprint density at radius 1 is 0.905 bits per heavy atom. The van der Waals surface area contributed by atoms with Crippen LogP contribution in [0.25, 0.3) is 0 Å². The Balaban J connectivity index is 1.92. The van der Waals surface area contributed by atoms with Crippen LogP contribution in [0, 0.1) is 22.7 Å². The highest BCUT2D eigenvalue weighted by atomic mass is 16.6. The van der Waals surface area contributed by atoms with Gasteiger partial charge in [-0.25, -0.2) is 9.59 Å². The van der Waals surface area contributed by atoms with Crippen LogP contribution in [0.4, 0.5) is 0 Å². The van der Waals surface area contributed by atoms with Gasteiger partial charge in [0.15, 0.2) is 17.4 Å². The molecule has 6 bridgehead atoms. The number of methoxy groups -OCH3 is 2. The molecule has 352 valence electrons. The lowest BCUT2D eigenvalue weighted by Crippen LogP contribution is -2.61. The quantitative estimate of drug-likeness (QED) is 0.0399. The first-order chi connectivity index (χ1) is 29.5. The van der Waals surface area contributed by atoms with Gasteiger partial charge in [0, 0.05) is 48.7 Å². The average molecular weight is 889 g/mol. The highest BCUT2D eigenvalue weighted by molar-refractivity contribution is 6.01. The maximum Gasteiger partial charge on any atom is 0.330 e. The highest BCUT2D eigenvalue weighted by Gasteiger charge is 2.59. The molecule has 16 nitrogen and oxygen atoms in total. The molecule has 0 aromatic rings. The molecule has 4 aliphatic heterocycles. The normalized spacial score (nSPS) is 36.3. The first-order valence-corrected chi connectivity index (χ1v) is 21.8. The van der Waals surface area contributed by atoms with E-state index in [9.17, 15) is 49.5 Å². The zero-order valence-corrected chi connectivity index (χ0v) is 37.8. The summed E-state index contributed by atoms with van der Waals surface area (Å²) in [6.07, 6.45) is 4.22. The fraction of sp³-hybridized carbons (Fsp3) is 0.681. The summed E-state index contributed by atoms with van der Waals surface area (Å²) in [4.78, 5) is 65.9. The number of esters is 3. The molecule has 16 heteroatoms. The summed E-state index contributed by atoms with van der Waals surface area (Å²) in [5, 5.41) is 58.7. The van der Waals surface area contributed by atoms with Crippen molar-refractivity contribution in [2.24, 2.45) is 22.7 Å². The molecule has 0 spiro atoms. The van der Waals surface area contributed by atoms with E-state index in [1.54, 1.807) is 45.9 Å². The molecule has 3 saturated heterocycles. The summed E-state index contributed by atoms with van der Waals surface area (Å²) < 4.78 is 35.0. The summed E-state index contributed by atoms with van der Waals surface area (Å²) in [6.45, 7) is 9.84. The van der Waals surface area contributed by atoms with Crippen molar-refractivity contribution in [1.82, 2.24) is 0 Å². The number of rotatable bonds is 10. The number of ether oxygens (including phenoxy) is 6. The lowest BCUT2D eigenvalue weighted by molar-refractivity contribution is -0.348. The van der Waals surface area contributed by atoms with E-state index in [0.29, 0.717) is 11.9 Å². The number of ketones is 1. The molecule has 4 rings (SSSR count). The van der Waals surface area contributed by atoms with Crippen molar-refractivity contribution >= 4 is 30.0 Å². The predicted octanol–water partition coefficient (Wildman–Crippen LogP) is 3.80. The number of aliphatic hydroxyl groups is 5. The highest BCUT2D eigenvalue weighted by Crippen LogP contribution is 2.52. The number of aliphatic hydroxyl groups excluding tert-OH is 3. The fourth-order valence-corrected chi connectivity index (χ4v) is 8.90. The molecule has 0 aliphatic carbocycles. The number of aldehydes is 1. The van der Waals surface area contributed by atoms with E-state index in [4.69, 9.17) is 28.4 Å². The van der Waals surface area contributed by atoms with E-state index in [0.717, 1.165) is 26.0 Å². The zero-order chi connectivity index (χ0) is 46.9. The van der Waals surface area contributed by atoms with Crippen molar-refractivity contribution in [3.8, 4) is 0 Å². The zero-order valence-electron chi connectivity index (χ0n) is 37.8. The lowest BCUT2D eigenvalue weighted by Gasteiger charge is -2.53. The van der Waals surface area contributed by atoms with Crippen molar-refractivity contribution in [2.45, 2.75) is 166 Å². The minimum atomic E-state index is -2.48. The Hall–Kier alpha value is -3.87. The predicted molar refractivity (Wildman–Crippen MR) is 227 cm³/mol. The third kappa shape index (κ3) is 12.7. The maximum absolute atomic E-state index is 13.9. The van der Waals surface area contributed by atoms with Crippen LogP contribution < -0.4 is 0 Å². The Bertz CT molecular complexity index is 1790. The van der Waals surface area contributed by atoms with Gasteiger partial charge in [0.25, 0.3) is 0 Å². The number of hydrogen-bond donors (Lipinski definition) is 5. The fourth-order valence-electron chi connectivity index (χ4n) is 8.90. The second-order valence-electron chi connectivity index (χ2n) is 18.4. The van der Waals surface area contributed by atoms with Crippen LogP contribution in [0.3, 0.4) is 0 Å². The van der Waals surface area contributed by atoms with Gasteiger partial charge in [0.2, 0.25) is 0 Å². The number of unbranched alkanes of at least 4 members (excludes halogenated alkanes) is 1. The van der Waals surface area contributed by atoms with Gasteiger partial charge in [0.05, 0.1) is 75.2 Å². The monoisotopic (exact) mass is 888 g/mol. The van der Waals surface area contributed by atoms with Crippen molar-refractivity contribution < 1.29 is 77.9 Å². The number of carbonyl (C=O) groups excluding carboxylic acids is 5. The number of carbonyl (C=O) groups is 5. The molecule has 12 atom stereocenters. The molecule has 4 aliphatic rings. The van der Waals surface area contributed by atoms with E-state index >= 15 is 0 Å². The van der Waals surface area contributed by atoms with Crippen LogP contribution in [-0.4, -0.2) is 130 Å². The van der Waals surface area contributed by atoms with E-state index in [1.165, 1.54) is 32.3 Å². The molecule has 0 aromatic heterocycles. The summed E-state index contributed by atoms with van der Waals surface area (Å²) in [6, 6.07) is 0. The lowest BCUT2D eigenvalue weighted by atomic mass is 9.64. The molecule has 4 heterocycles. The second-order valence-corrected chi connectivity index (χ2v) is 18.4. The Labute approximate surface area is 370 Å². The van der Waals surface area contributed by atoms with Gasteiger partial charge >= 0.3 is 17.9 Å². The maximum atomic E-state index is 13.9. The molecule has 0 radical (unpaired) electrons. The van der Waals surface area contributed by atoms with Gasteiger partial charge in [-0.15, -0.1) is 0 Å².